The first kappa shape index (κ1) is 16.7. The Labute approximate surface area is 154 Å². The second kappa shape index (κ2) is 6.87. The van der Waals surface area contributed by atoms with Crippen molar-refractivity contribution in [3.63, 3.8) is 0 Å². The molecule has 2 N–H and O–H groups in total. The Morgan fingerprint density at radius 2 is 1.93 bits per heavy atom. The molecule has 0 aliphatic carbocycles. The Morgan fingerprint density at radius 1 is 1.19 bits per heavy atom. The first-order chi connectivity index (χ1) is 13.1. The van der Waals surface area contributed by atoms with Gasteiger partial charge in [0.05, 0.1) is 23.4 Å². The molecule has 7 nitrogen and oxygen atoms in total. The van der Waals surface area contributed by atoms with E-state index in [1.807, 2.05) is 36.5 Å². The molecule has 2 aromatic carbocycles. The second-order valence-corrected chi connectivity index (χ2v) is 6.17. The zero-order chi connectivity index (χ0) is 18.8. The molecule has 4 rings (SSSR count). The number of hydrogen-bond donors (Lipinski definition) is 2. The van der Waals surface area contributed by atoms with Gasteiger partial charge in [0.1, 0.15) is 6.04 Å². The van der Waals surface area contributed by atoms with Crippen LogP contribution < -0.4 is 11.0 Å². The Balaban J connectivity index is 1.53. The number of rotatable bonds is 4. The van der Waals surface area contributed by atoms with E-state index in [0.29, 0.717) is 10.9 Å². The van der Waals surface area contributed by atoms with Crippen molar-refractivity contribution in [3.8, 4) is 0 Å². The van der Waals surface area contributed by atoms with Gasteiger partial charge in [0.2, 0.25) is 0 Å². The summed E-state index contributed by atoms with van der Waals surface area (Å²) in [6, 6.07) is 14.1. The van der Waals surface area contributed by atoms with Crippen LogP contribution in [0.25, 0.3) is 21.8 Å². The zero-order valence-corrected chi connectivity index (χ0v) is 14.6. The number of nitrogens with one attached hydrogen (secondary N) is 2. The molecular weight excluding hydrogens is 342 g/mol. The van der Waals surface area contributed by atoms with E-state index in [9.17, 15) is 9.59 Å². The van der Waals surface area contributed by atoms with Gasteiger partial charge in [0, 0.05) is 22.7 Å². The summed E-state index contributed by atoms with van der Waals surface area (Å²) in [7, 11) is 0. The number of fused-ring (bicyclic) bond motifs is 2. The summed E-state index contributed by atoms with van der Waals surface area (Å²) in [5.41, 5.74) is 4.69. The number of hydrogen-bond acceptors (Lipinski definition) is 4. The lowest BCUT2D eigenvalue weighted by atomic mass is 10.2. The van der Waals surface area contributed by atoms with Crippen LogP contribution in [0.1, 0.15) is 18.5 Å². The lowest BCUT2D eigenvalue weighted by Gasteiger charge is -2.13. The van der Waals surface area contributed by atoms with E-state index in [1.165, 1.54) is 10.9 Å². The third-order valence-electron chi connectivity index (χ3n) is 4.49. The summed E-state index contributed by atoms with van der Waals surface area (Å²) in [6.07, 6.45) is 4.78. The van der Waals surface area contributed by atoms with Crippen molar-refractivity contribution in [1.82, 2.24) is 20.0 Å². The highest BCUT2D eigenvalue weighted by Gasteiger charge is 2.17. The Bertz CT molecular complexity index is 1220. The van der Waals surface area contributed by atoms with Crippen LogP contribution >= 0.6 is 0 Å². The number of amides is 1. The molecular formula is C20H17N5O2. The molecule has 0 unspecified atom stereocenters. The van der Waals surface area contributed by atoms with Gasteiger partial charge < -0.3 is 4.98 Å². The predicted octanol–water partition coefficient (Wildman–Crippen LogP) is 2.59. The van der Waals surface area contributed by atoms with Crippen LogP contribution in [0.4, 0.5) is 0 Å². The highest BCUT2D eigenvalue weighted by atomic mass is 16.2. The molecule has 7 heteroatoms. The van der Waals surface area contributed by atoms with Gasteiger partial charge in [-0.1, -0.05) is 30.3 Å². The highest BCUT2D eigenvalue weighted by Crippen LogP contribution is 2.15. The third kappa shape index (κ3) is 3.10. The van der Waals surface area contributed by atoms with Gasteiger partial charge in [0.25, 0.3) is 11.5 Å². The number of carbonyl (C=O) groups excluding carboxylic acids is 1. The van der Waals surface area contributed by atoms with Crippen molar-refractivity contribution < 1.29 is 4.79 Å². The standard InChI is InChI=1S/C20H17N5O2/c1-13(25-12-22-18-9-5-3-7-16(18)20(25)27)19(26)24-23-11-14-10-21-17-8-4-2-6-15(14)17/h2-13,21H,1H3,(H,24,26)/b23-11-/t13-/m0/s1. The van der Waals surface area contributed by atoms with Crippen LogP contribution in [-0.4, -0.2) is 26.7 Å². The van der Waals surface area contributed by atoms with Crippen molar-refractivity contribution >= 4 is 33.9 Å². The molecule has 4 aromatic rings. The van der Waals surface area contributed by atoms with Crippen LogP contribution in [0.2, 0.25) is 0 Å². The molecule has 0 bridgehead atoms. The average Bonchev–Trinajstić information content (AvgIpc) is 3.11. The fourth-order valence-corrected chi connectivity index (χ4v) is 2.94. The van der Waals surface area contributed by atoms with Crippen molar-refractivity contribution in [2.24, 2.45) is 5.10 Å². The maximum Gasteiger partial charge on any atom is 0.262 e. The number of nitrogens with zero attached hydrogens (tertiary/aromatic N) is 3. The topological polar surface area (TPSA) is 92.1 Å². The number of H-pyrrole nitrogens is 1. The monoisotopic (exact) mass is 359 g/mol. The summed E-state index contributed by atoms with van der Waals surface area (Å²) >= 11 is 0. The third-order valence-corrected chi connectivity index (χ3v) is 4.49. The minimum atomic E-state index is -0.741. The SMILES string of the molecule is C[C@@H](C(=O)N/N=C\c1c[nH]c2ccccc12)n1cnc2ccccc2c1=O. The Kier molecular flexibility index (Phi) is 4.25. The van der Waals surface area contributed by atoms with E-state index in [0.717, 1.165) is 16.5 Å². The van der Waals surface area contributed by atoms with Crippen LogP contribution in [0.3, 0.4) is 0 Å². The molecule has 0 radical (unpaired) electrons. The van der Waals surface area contributed by atoms with E-state index in [1.54, 1.807) is 31.3 Å². The summed E-state index contributed by atoms with van der Waals surface area (Å²) in [6.45, 7) is 1.63. The smallest absolute Gasteiger partial charge is 0.262 e. The number of para-hydroxylation sites is 2. The fourth-order valence-electron chi connectivity index (χ4n) is 2.94. The van der Waals surface area contributed by atoms with Crippen LogP contribution in [-0.2, 0) is 4.79 Å². The molecule has 2 aromatic heterocycles. The van der Waals surface area contributed by atoms with Crippen molar-refractivity contribution in [2.45, 2.75) is 13.0 Å². The van der Waals surface area contributed by atoms with E-state index in [4.69, 9.17) is 0 Å². The van der Waals surface area contributed by atoms with E-state index < -0.39 is 11.9 Å². The van der Waals surface area contributed by atoms with Crippen molar-refractivity contribution in [1.29, 1.82) is 0 Å². The molecule has 0 aliphatic heterocycles. The van der Waals surface area contributed by atoms with Gasteiger partial charge >= 0.3 is 0 Å². The van der Waals surface area contributed by atoms with E-state index in [-0.39, 0.29) is 5.56 Å². The van der Waals surface area contributed by atoms with Gasteiger partial charge in [-0.2, -0.15) is 5.10 Å². The fraction of sp³-hybridized carbons (Fsp3) is 0.100. The van der Waals surface area contributed by atoms with Crippen LogP contribution in [0, 0.1) is 0 Å². The average molecular weight is 359 g/mol. The van der Waals surface area contributed by atoms with Crippen molar-refractivity contribution in [2.75, 3.05) is 0 Å². The first-order valence-corrected chi connectivity index (χ1v) is 8.50. The molecule has 27 heavy (non-hydrogen) atoms. The molecule has 0 spiro atoms. The lowest BCUT2D eigenvalue weighted by molar-refractivity contribution is -0.123. The first-order valence-electron chi connectivity index (χ1n) is 8.50. The van der Waals surface area contributed by atoms with E-state index in [2.05, 4.69) is 20.5 Å². The number of benzene rings is 2. The largest absolute Gasteiger partial charge is 0.361 e. The van der Waals surface area contributed by atoms with Gasteiger partial charge in [-0.05, 0) is 25.1 Å². The molecule has 1 amide bonds. The summed E-state index contributed by atoms with van der Waals surface area (Å²) in [5, 5.41) is 5.51. The van der Waals surface area contributed by atoms with Gasteiger partial charge in [-0.15, -0.1) is 0 Å². The zero-order valence-electron chi connectivity index (χ0n) is 14.6. The maximum absolute atomic E-state index is 12.6. The molecule has 134 valence electrons. The number of hydrazone groups is 1. The quantitative estimate of drug-likeness (QED) is 0.433. The van der Waals surface area contributed by atoms with Crippen molar-refractivity contribution in [3.05, 3.63) is 77.0 Å². The Morgan fingerprint density at radius 3 is 2.78 bits per heavy atom. The van der Waals surface area contributed by atoms with Crippen LogP contribution in [0.15, 0.2) is 71.0 Å². The Hall–Kier alpha value is -3.74. The molecule has 0 fully saturated rings. The highest BCUT2D eigenvalue weighted by molar-refractivity contribution is 5.99. The molecule has 0 saturated carbocycles. The summed E-state index contributed by atoms with van der Waals surface area (Å²) in [5.74, 6) is -0.398. The lowest BCUT2D eigenvalue weighted by Crippen LogP contribution is -2.33. The van der Waals surface area contributed by atoms with Gasteiger partial charge in [-0.3, -0.25) is 14.2 Å². The van der Waals surface area contributed by atoms with Gasteiger partial charge in [-0.25, -0.2) is 10.4 Å². The minimum Gasteiger partial charge on any atom is -0.361 e. The minimum absolute atomic E-state index is 0.260. The predicted molar refractivity (Wildman–Crippen MR) is 105 cm³/mol. The van der Waals surface area contributed by atoms with E-state index >= 15 is 0 Å². The maximum atomic E-state index is 12.6. The van der Waals surface area contributed by atoms with Gasteiger partial charge in [0.15, 0.2) is 0 Å². The second-order valence-electron chi connectivity index (χ2n) is 6.17. The molecule has 0 saturated heterocycles. The summed E-state index contributed by atoms with van der Waals surface area (Å²) < 4.78 is 1.30. The van der Waals surface area contributed by atoms with Crippen LogP contribution in [0.5, 0.6) is 0 Å². The molecule has 1 atom stereocenters. The number of aromatic nitrogens is 3. The molecule has 2 heterocycles. The summed E-state index contributed by atoms with van der Waals surface area (Å²) in [4.78, 5) is 32.4. The normalized spacial score (nSPS) is 12.6. The molecule has 0 aliphatic rings. The number of aromatic amines is 1. The number of carbonyl (C=O) groups is 1.